The van der Waals surface area contributed by atoms with Crippen molar-refractivity contribution in [3.63, 3.8) is 0 Å². The van der Waals surface area contributed by atoms with Gasteiger partial charge in [0.15, 0.2) is 0 Å². The first-order valence-electron chi connectivity index (χ1n) is 5.02. The van der Waals surface area contributed by atoms with Gasteiger partial charge in [0, 0.05) is 7.05 Å². The molecule has 15 heavy (non-hydrogen) atoms. The molecule has 1 atom stereocenters. The molecular formula is C11H18N2O2. The summed E-state index contributed by atoms with van der Waals surface area (Å²) in [7, 11) is 3.54. The third kappa shape index (κ3) is 3.09. The van der Waals surface area contributed by atoms with E-state index in [1.807, 2.05) is 26.0 Å². The fourth-order valence-electron chi connectivity index (χ4n) is 1.34. The van der Waals surface area contributed by atoms with Crippen LogP contribution in [0.15, 0.2) is 16.5 Å². The Kier molecular flexibility index (Phi) is 3.91. The van der Waals surface area contributed by atoms with E-state index in [0.717, 1.165) is 11.5 Å². The van der Waals surface area contributed by atoms with Crippen molar-refractivity contribution < 1.29 is 9.21 Å². The lowest BCUT2D eigenvalue weighted by Crippen LogP contribution is -2.41. The van der Waals surface area contributed by atoms with Crippen LogP contribution in [0.2, 0.25) is 0 Å². The summed E-state index contributed by atoms with van der Waals surface area (Å²) in [5.41, 5.74) is 0. The Morgan fingerprint density at radius 2 is 2.27 bits per heavy atom. The van der Waals surface area contributed by atoms with Crippen molar-refractivity contribution in [1.29, 1.82) is 0 Å². The minimum Gasteiger partial charge on any atom is -0.464 e. The number of carbonyl (C=O) groups excluding carboxylic acids is 1. The zero-order valence-electron chi connectivity index (χ0n) is 9.70. The molecule has 0 bridgehead atoms. The maximum Gasteiger partial charge on any atom is 0.239 e. The molecule has 1 aromatic heterocycles. The number of amides is 1. The first-order chi connectivity index (χ1) is 7.04. The Labute approximate surface area is 90.3 Å². The van der Waals surface area contributed by atoms with Gasteiger partial charge in [-0.3, -0.25) is 4.79 Å². The van der Waals surface area contributed by atoms with Gasteiger partial charge >= 0.3 is 0 Å². The smallest absolute Gasteiger partial charge is 0.239 e. The van der Waals surface area contributed by atoms with E-state index in [4.69, 9.17) is 4.42 Å². The highest BCUT2D eigenvalue weighted by Crippen LogP contribution is 2.09. The number of hydrogen-bond acceptors (Lipinski definition) is 3. The molecule has 0 aromatic carbocycles. The second-order valence-corrected chi connectivity index (χ2v) is 3.72. The van der Waals surface area contributed by atoms with Gasteiger partial charge in [-0.2, -0.15) is 0 Å². The quantitative estimate of drug-likeness (QED) is 0.811. The van der Waals surface area contributed by atoms with Crippen LogP contribution in [-0.2, 0) is 11.3 Å². The Morgan fingerprint density at radius 1 is 1.60 bits per heavy atom. The molecule has 4 heteroatoms. The largest absolute Gasteiger partial charge is 0.464 e. The number of hydrogen-bond donors (Lipinski definition) is 1. The first-order valence-corrected chi connectivity index (χ1v) is 5.02. The van der Waals surface area contributed by atoms with Crippen molar-refractivity contribution in [2.75, 3.05) is 14.1 Å². The molecule has 0 radical (unpaired) electrons. The molecular weight excluding hydrogens is 192 g/mol. The number of carbonyl (C=O) groups is 1. The van der Waals surface area contributed by atoms with Gasteiger partial charge in [0.05, 0.1) is 12.6 Å². The molecule has 1 amide bonds. The van der Waals surface area contributed by atoms with Crippen molar-refractivity contribution in [2.45, 2.75) is 26.4 Å². The van der Waals surface area contributed by atoms with Gasteiger partial charge in [-0.15, -0.1) is 0 Å². The van der Waals surface area contributed by atoms with Crippen LogP contribution < -0.4 is 5.32 Å². The molecule has 1 aromatic rings. The Morgan fingerprint density at radius 3 is 2.73 bits per heavy atom. The van der Waals surface area contributed by atoms with Gasteiger partial charge < -0.3 is 14.6 Å². The second-order valence-electron chi connectivity index (χ2n) is 3.72. The van der Waals surface area contributed by atoms with E-state index in [1.165, 1.54) is 0 Å². The van der Waals surface area contributed by atoms with Crippen molar-refractivity contribution in [3.05, 3.63) is 23.7 Å². The molecule has 0 saturated heterocycles. The molecule has 1 unspecified atom stereocenters. The van der Waals surface area contributed by atoms with Crippen molar-refractivity contribution in [3.8, 4) is 0 Å². The average Bonchev–Trinajstić information content (AvgIpc) is 2.61. The lowest BCUT2D eigenvalue weighted by molar-refractivity contribution is -0.132. The van der Waals surface area contributed by atoms with E-state index in [-0.39, 0.29) is 11.9 Å². The lowest BCUT2D eigenvalue weighted by Gasteiger charge is -2.19. The summed E-state index contributed by atoms with van der Waals surface area (Å²) in [6.07, 6.45) is 0. The van der Waals surface area contributed by atoms with Crippen LogP contribution in [-0.4, -0.2) is 30.9 Å². The fraction of sp³-hybridized carbons (Fsp3) is 0.545. The van der Waals surface area contributed by atoms with Crippen LogP contribution >= 0.6 is 0 Å². The van der Waals surface area contributed by atoms with Crippen LogP contribution in [0.1, 0.15) is 18.4 Å². The SMILES string of the molecule is CNC(C)C(=O)N(C)Cc1ccc(C)o1. The topological polar surface area (TPSA) is 45.5 Å². The summed E-state index contributed by atoms with van der Waals surface area (Å²) >= 11 is 0. The normalized spacial score (nSPS) is 12.5. The molecule has 1 rings (SSSR count). The van der Waals surface area contributed by atoms with E-state index < -0.39 is 0 Å². The minimum atomic E-state index is -0.161. The number of furan rings is 1. The molecule has 1 heterocycles. The van der Waals surface area contributed by atoms with Crippen molar-refractivity contribution in [1.82, 2.24) is 10.2 Å². The molecule has 0 saturated carbocycles. The van der Waals surface area contributed by atoms with Crippen molar-refractivity contribution >= 4 is 5.91 Å². The van der Waals surface area contributed by atoms with Gasteiger partial charge in [0.25, 0.3) is 0 Å². The molecule has 0 spiro atoms. The van der Waals surface area contributed by atoms with Crippen LogP contribution in [0.3, 0.4) is 0 Å². The fourth-order valence-corrected chi connectivity index (χ4v) is 1.34. The van der Waals surface area contributed by atoms with Gasteiger partial charge in [-0.05, 0) is 33.0 Å². The molecule has 0 aliphatic carbocycles. The summed E-state index contributed by atoms with van der Waals surface area (Å²) in [6, 6.07) is 3.63. The highest BCUT2D eigenvalue weighted by molar-refractivity contribution is 5.81. The Balaban J connectivity index is 2.55. The first kappa shape index (κ1) is 11.8. The summed E-state index contributed by atoms with van der Waals surface area (Å²) < 4.78 is 5.40. The lowest BCUT2D eigenvalue weighted by atomic mass is 10.3. The van der Waals surface area contributed by atoms with Crippen LogP contribution in [0.4, 0.5) is 0 Å². The standard InChI is InChI=1S/C11H18N2O2/c1-8-5-6-10(15-8)7-13(4)11(14)9(2)12-3/h5-6,9,12H,7H2,1-4H3. The third-order valence-corrected chi connectivity index (χ3v) is 2.37. The van der Waals surface area contributed by atoms with E-state index in [1.54, 1.807) is 19.0 Å². The van der Waals surface area contributed by atoms with Gasteiger partial charge in [0.1, 0.15) is 11.5 Å². The average molecular weight is 210 g/mol. The molecule has 4 nitrogen and oxygen atoms in total. The van der Waals surface area contributed by atoms with Crippen LogP contribution in [0, 0.1) is 6.92 Å². The number of aryl methyl sites for hydroxylation is 1. The summed E-state index contributed by atoms with van der Waals surface area (Å²) in [4.78, 5) is 13.4. The summed E-state index contributed by atoms with van der Waals surface area (Å²) in [5, 5.41) is 2.91. The van der Waals surface area contributed by atoms with Crippen molar-refractivity contribution in [2.24, 2.45) is 0 Å². The predicted molar refractivity (Wildman–Crippen MR) is 58.4 cm³/mol. The van der Waals surface area contributed by atoms with Crippen LogP contribution in [0.5, 0.6) is 0 Å². The van der Waals surface area contributed by atoms with Gasteiger partial charge in [0.2, 0.25) is 5.91 Å². The zero-order chi connectivity index (χ0) is 11.4. The van der Waals surface area contributed by atoms with E-state index in [2.05, 4.69) is 5.32 Å². The summed E-state index contributed by atoms with van der Waals surface area (Å²) in [6.45, 7) is 4.24. The number of rotatable bonds is 4. The summed E-state index contributed by atoms with van der Waals surface area (Å²) in [5.74, 6) is 1.74. The Bertz CT molecular complexity index is 333. The molecule has 1 N–H and O–H groups in total. The van der Waals surface area contributed by atoms with Gasteiger partial charge in [-0.25, -0.2) is 0 Å². The number of nitrogens with one attached hydrogen (secondary N) is 1. The monoisotopic (exact) mass is 210 g/mol. The van der Waals surface area contributed by atoms with E-state index >= 15 is 0 Å². The number of nitrogens with zero attached hydrogens (tertiary/aromatic N) is 1. The highest BCUT2D eigenvalue weighted by Gasteiger charge is 2.16. The third-order valence-electron chi connectivity index (χ3n) is 2.37. The van der Waals surface area contributed by atoms with E-state index in [0.29, 0.717) is 6.54 Å². The Hall–Kier alpha value is -1.29. The van der Waals surface area contributed by atoms with Gasteiger partial charge in [-0.1, -0.05) is 0 Å². The van der Waals surface area contributed by atoms with Crippen LogP contribution in [0.25, 0.3) is 0 Å². The van der Waals surface area contributed by atoms with E-state index in [9.17, 15) is 4.79 Å². The second kappa shape index (κ2) is 4.98. The minimum absolute atomic E-state index is 0.0616. The molecule has 0 fully saturated rings. The maximum absolute atomic E-state index is 11.7. The maximum atomic E-state index is 11.7. The molecule has 0 aliphatic rings. The highest BCUT2D eigenvalue weighted by atomic mass is 16.3. The number of likely N-dealkylation sites (N-methyl/N-ethyl adjacent to an activating group) is 2. The molecule has 0 aliphatic heterocycles. The predicted octanol–water partition coefficient (Wildman–Crippen LogP) is 1.15. The molecule has 84 valence electrons. The zero-order valence-corrected chi connectivity index (χ0v) is 9.70.